The molecular formula is C16H16FNO2. The van der Waals surface area contributed by atoms with E-state index in [1.807, 2.05) is 19.1 Å². The van der Waals surface area contributed by atoms with Crippen LogP contribution in [0, 0.1) is 5.82 Å². The molecule has 0 heterocycles. The molecule has 0 radical (unpaired) electrons. The third-order valence-electron chi connectivity index (χ3n) is 3.13. The monoisotopic (exact) mass is 273 g/mol. The molecule has 4 heteroatoms. The van der Waals surface area contributed by atoms with Gasteiger partial charge in [0.25, 0.3) is 0 Å². The number of rotatable bonds is 5. The maximum atomic E-state index is 13.1. The normalized spacial score (nSPS) is 12.1. The Hall–Kier alpha value is -2.20. The first-order valence-electron chi connectivity index (χ1n) is 6.37. The number of aromatic carboxylic acids is 1. The Kier molecular flexibility index (Phi) is 4.48. The van der Waals surface area contributed by atoms with Gasteiger partial charge in [0.05, 0.1) is 5.56 Å². The fourth-order valence-corrected chi connectivity index (χ4v) is 1.98. The molecule has 1 unspecified atom stereocenters. The Labute approximate surface area is 117 Å². The smallest absolute Gasteiger partial charge is 0.335 e. The van der Waals surface area contributed by atoms with Gasteiger partial charge in [-0.1, -0.05) is 24.3 Å². The van der Waals surface area contributed by atoms with E-state index in [0.717, 1.165) is 11.1 Å². The lowest BCUT2D eigenvalue weighted by molar-refractivity contribution is 0.0696. The zero-order valence-corrected chi connectivity index (χ0v) is 11.1. The molecule has 0 saturated carbocycles. The number of carboxylic acid groups (broad SMARTS) is 1. The van der Waals surface area contributed by atoms with E-state index >= 15 is 0 Å². The van der Waals surface area contributed by atoms with E-state index in [1.165, 1.54) is 12.1 Å². The van der Waals surface area contributed by atoms with Gasteiger partial charge < -0.3 is 10.4 Å². The summed E-state index contributed by atoms with van der Waals surface area (Å²) in [6.45, 7) is 2.47. The lowest BCUT2D eigenvalue weighted by Gasteiger charge is -2.14. The number of carboxylic acids is 1. The van der Waals surface area contributed by atoms with Gasteiger partial charge in [-0.15, -0.1) is 0 Å². The molecule has 0 aliphatic carbocycles. The molecule has 0 saturated heterocycles. The van der Waals surface area contributed by atoms with Crippen LogP contribution in [0.2, 0.25) is 0 Å². The summed E-state index contributed by atoms with van der Waals surface area (Å²) in [5, 5.41) is 12.2. The van der Waals surface area contributed by atoms with E-state index in [-0.39, 0.29) is 17.4 Å². The molecule has 104 valence electrons. The van der Waals surface area contributed by atoms with Gasteiger partial charge in [-0.25, -0.2) is 9.18 Å². The minimum Gasteiger partial charge on any atom is -0.478 e. The van der Waals surface area contributed by atoms with Gasteiger partial charge in [-0.05, 0) is 42.3 Å². The van der Waals surface area contributed by atoms with Gasteiger partial charge in [-0.2, -0.15) is 0 Å². The summed E-state index contributed by atoms with van der Waals surface area (Å²) >= 11 is 0. The van der Waals surface area contributed by atoms with Crippen LogP contribution in [0.15, 0.2) is 48.5 Å². The van der Waals surface area contributed by atoms with Gasteiger partial charge in [0.15, 0.2) is 0 Å². The SMILES string of the molecule is CC(NCc1cccc(C(=O)O)c1)c1cccc(F)c1. The standard InChI is InChI=1S/C16H16FNO2/c1-11(13-5-3-7-15(17)9-13)18-10-12-4-2-6-14(8-12)16(19)20/h2-9,11,18H,10H2,1H3,(H,19,20). The van der Waals surface area contributed by atoms with Crippen molar-refractivity contribution in [3.05, 3.63) is 71.0 Å². The Morgan fingerprint density at radius 1 is 1.25 bits per heavy atom. The second-order valence-electron chi connectivity index (χ2n) is 4.66. The summed E-state index contributed by atoms with van der Waals surface area (Å²) in [5.41, 5.74) is 2.01. The number of nitrogens with one attached hydrogen (secondary N) is 1. The lowest BCUT2D eigenvalue weighted by atomic mass is 10.1. The topological polar surface area (TPSA) is 49.3 Å². The quantitative estimate of drug-likeness (QED) is 0.878. The number of hydrogen-bond acceptors (Lipinski definition) is 2. The molecule has 0 bridgehead atoms. The van der Waals surface area contributed by atoms with Crippen LogP contribution < -0.4 is 5.32 Å². The highest BCUT2D eigenvalue weighted by atomic mass is 19.1. The molecule has 2 aromatic carbocycles. The summed E-state index contributed by atoms with van der Waals surface area (Å²) in [7, 11) is 0. The van der Waals surface area contributed by atoms with Crippen LogP contribution in [-0.2, 0) is 6.54 Å². The van der Waals surface area contributed by atoms with E-state index in [4.69, 9.17) is 5.11 Å². The van der Waals surface area contributed by atoms with Crippen LogP contribution in [0.3, 0.4) is 0 Å². The highest BCUT2D eigenvalue weighted by Crippen LogP contribution is 2.14. The maximum Gasteiger partial charge on any atom is 0.335 e. The summed E-state index contributed by atoms with van der Waals surface area (Å²) < 4.78 is 13.1. The molecular weight excluding hydrogens is 257 g/mol. The Morgan fingerprint density at radius 3 is 2.70 bits per heavy atom. The van der Waals surface area contributed by atoms with Gasteiger partial charge in [0.1, 0.15) is 5.82 Å². The zero-order valence-electron chi connectivity index (χ0n) is 11.1. The number of hydrogen-bond donors (Lipinski definition) is 2. The first-order valence-corrected chi connectivity index (χ1v) is 6.37. The summed E-state index contributed by atoms with van der Waals surface area (Å²) in [5.74, 6) is -1.20. The average molecular weight is 273 g/mol. The van der Waals surface area contributed by atoms with Crippen LogP contribution in [-0.4, -0.2) is 11.1 Å². The van der Waals surface area contributed by atoms with E-state index < -0.39 is 5.97 Å². The molecule has 0 aliphatic rings. The molecule has 0 amide bonds. The van der Waals surface area contributed by atoms with Gasteiger partial charge in [-0.3, -0.25) is 0 Å². The van der Waals surface area contributed by atoms with Crippen LogP contribution in [0.1, 0.15) is 34.5 Å². The second-order valence-corrected chi connectivity index (χ2v) is 4.66. The predicted molar refractivity (Wildman–Crippen MR) is 75.1 cm³/mol. The fraction of sp³-hybridized carbons (Fsp3) is 0.188. The molecule has 3 nitrogen and oxygen atoms in total. The molecule has 0 aromatic heterocycles. The van der Waals surface area contributed by atoms with Gasteiger partial charge in [0.2, 0.25) is 0 Å². The molecule has 0 spiro atoms. The summed E-state index contributed by atoms with van der Waals surface area (Å²) in [6, 6.07) is 13.2. The Bertz CT molecular complexity index is 613. The van der Waals surface area contributed by atoms with E-state index in [1.54, 1.807) is 24.3 Å². The van der Waals surface area contributed by atoms with Crippen LogP contribution in [0.25, 0.3) is 0 Å². The highest BCUT2D eigenvalue weighted by molar-refractivity contribution is 5.87. The largest absolute Gasteiger partial charge is 0.478 e. The second kappa shape index (κ2) is 6.30. The molecule has 2 rings (SSSR count). The fourth-order valence-electron chi connectivity index (χ4n) is 1.98. The third-order valence-corrected chi connectivity index (χ3v) is 3.13. The van der Waals surface area contributed by atoms with E-state index in [9.17, 15) is 9.18 Å². The lowest BCUT2D eigenvalue weighted by Crippen LogP contribution is -2.18. The van der Waals surface area contributed by atoms with Crippen LogP contribution in [0.4, 0.5) is 4.39 Å². The Balaban J connectivity index is 2.01. The van der Waals surface area contributed by atoms with Crippen molar-refractivity contribution in [3.63, 3.8) is 0 Å². The molecule has 0 aliphatic heterocycles. The van der Waals surface area contributed by atoms with Crippen molar-refractivity contribution < 1.29 is 14.3 Å². The van der Waals surface area contributed by atoms with E-state index in [0.29, 0.717) is 6.54 Å². The average Bonchev–Trinajstić information content (AvgIpc) is 2.45. The summed E-state index contributed by atoms with van der Waals surface area (Å²) in [6.07, 6.45) is 0. The van der Waals surface area contributed by atoms with Crippen LogP contribution in [0.5, 0.6) is 0 Å². The van der Waals surface area contributed by atoms with Crippen molar-refractivity contribution in [2.75, 3.05) is 0 Å². The number of benzene rings is 2. The minimum atomic E-state index is -0.940. The van der Waals surface area contributed by atoms with Crippen molar-refractivity contribution in [1.29, 1.82) is 0 Å². The zero-order chi connectivity index (χ0) is 14.5. The number of halogens is 1. The first-order chi connectivity index (χ1) is 9.56. The number of carbonyl (C=O) groups is 1. The predicted octanol–water partition coefficient (Wildman–Crippen LogP) is 3.37. The molecule has 2 aromatic rings. The van der Waals surface area contributed by atoms with Gasteiger partial charge >= 0.3 is 5.97 Å². The third kappa shape index (κ3) is 3.65. The van der Waals surface area contributed by atoms with Crippen molar-refractivity contribution in [2.45, 2.75) is 19.5 Å². The van der Waals surface area contributed by atoms with Crippen molar-refractivity contribution in [2.24, 2.45) is 0 Å². The van der Waals surface area contributed by atoms with Crippen molar-refractivity contribution in [1.82, 2.24) is 5.32 Å². The highest BCUT2D eigenvalue weighted by Gasteiger charge is 2.07. The minimum absolute atomic E-state index is 0.0146. The molecule has 20 heavy (non-hydrogen) atoms. The molecule has 2 N–H and O–H groups in total. The van der Waals surface area contributed by atoms with E-state index in [2.05, 4.69) is 5.32 Å². The first kappa shape index (κ1) is 14.2. The Morgan fingerprint density at radius 2 is 2.00 bits per heavy atom. The van der Waals surface area contributed by atoms with Gasteiger partial charge in [0, 0.05) is 12.6 Å². The molecule has 1 atom stereocenters. The molecule has 0 fully saturated rings. The maximum absolute atomic E-state index is 13.1. The van der Waals surface area contributed by atoms with Crippen molar-refractivity contribution in [3.8, 4) is 0 Å². The summed E-state index contributed by atoms with van der Waals surface area (Å²) in [4.78, 5) is 10.9. The van der Waals surface area contributed by atoms with Crippen LogP contribution >= 0.6 is 0 Å². The van der Waals surface area contributed by atoms with Crippen molar-refractivity contribution >= 4 is 5.97 Å².